The number of amides is 2. The van der Waals surface area contributed by atoms with Crippen molar-refractivity contribution >= 4 is 44.2 Å². The molecule has 2 N–H and O–H groups in total. The number of anilines is 1. The van der Waals surface area contributed by atoms with Gasteiger partial charge in [0.2, 0.25) is 0 Å². The Morgan fingerprint density at radius 2 is 1.71 bits per heavy atom. The maximum absolute atomic E-state index is 12.6. The molecule has 0 aromatic heterocycles. The lowest BCUT2D eigenvalue weighted by Crippen LogP contribution is -2.40. The molecular formula is C16H15BrN2O2. The third-order valence-corrected chi connectivity index (χ3v) is 4.35. The van der Waals surface area contributed by atoms with Gasteiger partial charge < -0.3 is 5.73 Å². The Morgan fingerprint density at radius 3 is 2.43 bits per heavy atom. The molecule has 0 saturated heterocycles. The van der Waals surface area contributed by atoms with Crippen LogP contribution in [0.15, 0.2) is 30.3 Å². The van der Waals surface area contributed by atoms with E-state index in [2.05, 4.69) is 15.9 Å². The van der Waals surface area contributed by atoms with Gasteiger partial charge in [-0.25, -0.2) is 0 Å². The average molecular weight is 347 g/mol. The molecule has 0 bridgehead atoms. The number of nitrogens with zero attached hydrogens (tertiary/aromatic N) is 1. The van der Waals surface area contributed by atoms with E-state index in [1.54, 1.807) is 18.2 Å². The number of hydrogen-bond donors (Lipinski definition) is 1. The number of carbonyl (C=O) groups is 2. The number of benzene rings is 2. The fraction of sp³-hybridized carbons (Fsp3) is 0.250. The molecule has 4 nitrogen and oxygen atoms in total. The highest BCUT2D eigenvalue weighted by molar-refractivity contribution is 9.09. The number of nitrogens with two attached hydrogens (primary N) is 1. The summed E-state index contributed by atoms with van der Waals surface area (Å²) in [5, 5.41) is 2.32. The molecule has 0 atom stereocenters. The van der Waals surface area contributed by atoms with E-state index >= 15 is 0 Å². The summed E-state index contributed by atoms with van der Waals surface area (Å²) in [6.45, 7) is 0.448. The van der Waals surface area contributed by atoms with Crippen LogP contribution < -0.4 is 5.73 Å². The van der Waals surface area contributed by atoms with Gasteiger partial charge in [-0.1, -0.05) is 28.1 Å². The third kappa shape index (κ3) is 2.21. The van der Waals surface area contributed by atoms with Crippen molar-refractivity contribution in [3.63, 3.8) is 0 Å². The normalized spacial score (nSPS) is 14.0. The van der Waals surface area contributed by atoms with Gasteiger partial charge in [0.15, 0.2) is 0 Å². The van der Waals surface area contributed by atoms with E-state index in [1.807, 2.05) is 12.1 Å². The first-order chi connectivity index (χ1) is 10.1. The maximum Gasteiger partial charge on any atom is 0.261 e. The quantitative estimate of drug-likeness (QED) is 0.400. The number of rotatable bonds is 4. The van der Waals surface area contributed by atoms with Gasteiger partial charge in [-0.05, 0) is 31.0 Å². The van der Waals surface area contributed by atoms with Gasteiger partial charge in [-0.3, -0.25) is 14.5 Å². The minimum Gasteiger partial charge on any atom is -0.398 e. The molecule has 0 aliphatic carbocycles. The van der Waals surface area contributed by atoms with E-state index in [0.29, 0.717) is 28.7 Å². The Balaban J connectivity index is 2.11. The van der Waals surface area contributed by atoms with Crippen molar-refractivity contribution in [1.29, 1.82) is 0 Å². The first-order valence-corrected chi connectivity index (χ1v) is 8.00. The van der Waals surface area contributed by atoms with Crippen LogP contribution in [0.2, 0.25) is 0 Å². The first kappa shape index (κ1) is 14.1. The van der Waals surface area contributed by atoms with Gasteiger partial charge in [0.25, 0.3) is 11.8 Å². The largest absolute Gasteiger partial charge is 0.398 e. The standard InChI is InChI=1S/C16H15BrN2O2/c17-8-1-2-9-19-15(20)11-5-3-4-10-13(18)7-6-12(14(10)11)16(19)21/h3-7H,1-2,8-9,18H2. The Morgan fingerprint density at radius 1 is 1.00 bits per heavy atom. The van der Waals surface area contributed by atoms with E-state index < -0.39 is 0 Å². The predicted octanol–water partition coefficient (Wildman–Crippen LogP) is 3.19. The highest BCUT2D eigenvalue weighted by atomic mass is 79.9. The molecule has 0 fully saturated rings. The highest BCUT2D eigenvalue weighted by Crippen LogP contribution is 2.33. The molecule has 21 heavy (non-hydrogen) atoms. The van der Waals surface area contributed by atoms with Crippen LogP contribution in [-0.4, -0.2) is 28.6 Å². The molecule has 1 aliphatic rings. The molecule has 2 aromatic rings. The van der Waals surface area contributed by atoms with Crippen LogP contribution in [0.3, 0.4) is 0 Å². The summed E-state index contributed by atoms with van der Waals surface area (Å²) in [5.41, 5.74) is 7.67. The van der Waals surface area contributed by atoms with Crippen molar-refractivity contribution in [2.75, 3.05) is 17.6 Å². The van der Waals surface area contributed by atoms with Crippen LogP contribution in [0.1, 0.15) is 33.6 Å². The van der Waals surface area contributed by atoms with Crippen LogP contribution in [0.25, 0.3) is 10.8 Å². The van der Waals surface area contributed by atoms with Crippen LogP contribution in [0, 0.1) is 0 Å². The maximum atomic E-state index is 12.6. The fourth-order valence-electron chi connectivity index (χ4n) is 2.74. The average Bonchev–Trinajstić information content (AvgIpc) is 2.49. The molecule has 3 rings (SSSR count). The zero-order valence-corrected chi connectivity index (χ0v) is 13.0. The summed E-state index contributed by atoms with van der Waals surface area (Å²) in [7, 11) is 0. The molecule has 1 aliphatic heterocycles. The number of nitrogen functional groups attached to an aromatic ring is 1. The molecule has 2 amide bonds. The second-order valence-corrected chi connectivity index (χ2v) is 5.88. The number of unbranched alkanes of at least 4 members (excludes halogenated alkanes) is 1. The van der Waals surface area contributed by atoms with Crippen molar-refractivity contribution in [3.05, 3.63) is 41.5 Å². The summed E-state index contributed by atoms with van der Waals surface area (Å²) in [6, 6.07) is 8.86. The molecule has 0 spiro atoms. The Hall–Kier alpha value is -1.88. The van der Waals surface area contributed by atoms with Gasteiger partial charge in [0, 0.05) is 39.5 Å². The number of hydrogen-bond acceptors (Lipinski definition) is 3. The molecule has 0 unspecified atom stereocenters. The summed E-state index contributed by atoms with van der Waals surface area (Å²) in [6.07, 6.45) is 1.72. The summed E-state index contributed by atoms with van der Waals surface area (Å²) < 4.78 is 0. The summed E-state index contributed by atoms with van der Waals surface area (Å²) >= 11 is 3.36. The van der Waals surface area contributed by atoms with Crippen LogP contribution in [0.4, 0.5) is 5.69 Å². The topological polar surface area (TPSA) is 63.4 Å². The molecule has 0 radical (unpaired) electrons. The van der Waals surface area contributed by atoms with Gasteiger partial charge in [0.05, 0.1) is 0 Å². The van der Waals surface area contributed by atoms with Crippen molar-refractivity contribution in [3.8, 4) is 0 Å². The number of halogens is 1. The number of alkyl halides is 1. The monoisotopic (exact) mass is 346 g/mol. The van der Waals surface area contributed by atoms with Gasteiger partial charge in [-0.15, -0.1) is 0 Å². The first-order valence-electron chi connectivity index (χ1n) is 6.88. The lowest BCUT2D eigenvalue weighted by atomic mass is 9.93. The van der Waals surface area contributed by atoms with Crippen molar-refractivity contribution in [2.45, 2.75) is 12.8 Å². The van der Waals surface area contributed by atoms with Crippen LogP contribution >= 0.6 is 15.9 Å². The Bertz CT molecular complexity index is 720. The zero-order valence-electron chi connectivity index (χ0n) is 11.4. The van der Waals surface area contributed by atoms with E-state index in [0.717, 1.165) is 23.6 Å². The molecule has 1 heterocycles. The number of imide groups is 1. The predicted molar refractivity (Wildman–Crippen MR) is 86.8 cm³/mol. The molecule has 0 saturated carbocycles. The lowest BCUT2D eigenvalue weighted by Gasteiger charge is -2.27. The van der Waals surface area contributed by atoms with Gasteiger partial charge >= 0.3 is 0 Å². The minimum atomic E-state index is -0.224. The zero-order chi connectivity index (χ0) is 15.0. The van der Waals surface area contributed by atoms with E-state index in [1.165, 1.54) is 4.90 Å². The van der Waals surface area contributed by atoms with Crippen LogP contribution in [0.5, 0.6) is 0 Å². The molecule has 2 aromatic carbocycles. The second kappa shape index (κ2) is 5.48. The SMILES string of the molecule is Nc1ccc2c3c(cccc13)C(=O)N(CCCCBr)C2=O. The molecule has 5 heteroatoms. The summed E-state index contributed by atoms with van der Waals surface area (Å²) in [4.78, 5) is 26.5. The minimum absolute atomic E-state index is 0.224. The third-order valence-electron chi connectivity index (χ3n) is 3.79. The van der Waals surface area contributed by atoms with Crippen LogP contribution in [-0.2, 0) is 0 Å². The smallest absolute Gasteiger partial charge is 0.261 e. The lowest BCUT2D eigenvalue weighted by molar-refractivity contribution is 0.0609. The van der Waals surface area contributed by atoms with E-state index in [9.17, 15) is 9.59 Å². The Kier molecular flexibility index (Phi) is 3.68. The highest BCUT2D eigenvalue weighted by Gasteiger charge is 2.32. The second-order valence-electron chi connectivity index (χ2n) is 5.09. The van der Waals surface area contributed by atoms with E-state index in [4.69, 9.17) is 5.73 Å². The van der Waals surface area contributed by atoms with Gasteiger partial charge in [-0.2, -0.15) is 0 Å². The number of carbonyl (C=O) groups excluding carboxylic acids is 2. The van der Waals surface area contributed by atoms with Crippen molar-refractivity contribution < 1.29 is 9.59 Å². The van der Waals surface area contributed by atoms with Gasteiger partial charge in [0.1, 0.15) is 0 Å². The molecular weight excluding hydrogens is 332 g/mol. The Labute approximate surface area is 131 Å². The fourth-order valence-corrected chi connectivity index (χ4v) is 3.13. The molecule has 108 valence electrons. The summed E-state index contributed by atoms with van der Waals surface area (Å²) in [5.74, 6) is -0.448. The van der Waals surface area contributed by atoms with Crippen molar-refractivity contribution in [2.24, 2.45) is 0 Å². The van der Waals surface area contributed by atoms with Crippen molar-refractivity contribution in [1.82, 2.24) is 4.90 Å². The van der Waals surface area contributed by atoms with E-state index in [-0.39, 0.29) is 11.8 Å².